The topological polar surface area (TPSA) is 131 Å². The minimum Gasteiger partial charge on any atom is -0.445 e. The predicted octanol–water partition coefficient (Wildman–Crippen LogP) is 3.98. The molecule has 4 aromatic rings. The average Bonchev–Trinajstić information content (AvgIpc) is 3.08. The van der Waals surface area contributed by atoms with Gasteiger partial charge in [0.15, 0.2) is 5.78 Å². The summed E-state index contributed by atoms with van der Waals surface area (Å²) >= 11 is 0. The lowest BCUT2D eigenvalue weighted by Gasteiger charge is -2.37. The third-order valence-corrected chi connectivity index (χ3v) is 8.56. The van der Waals surface area contributed by atoms with Crippen molar-refractivity contribution in [3.05, 3.63) is 132 Å². The van der Waals surface area contributed by atoms with Gasteiger partial charge in [0.2, 0.25) is 0 Å². The van der Waals surface area contributed by atoms with Gasteiger partial charge in [-0.3, -0.25) is 9.59 Å². The molecule has 10 nitrogen and oxygen atoms in total. The molecule has 0 spiro atoms. The Hall–Kier alpha value is -5.00. The fraction of sp³-hybridized carbons (Fsp3) is 0.206. The van der Waals surface area contributed by atoms with Crippen LogP contribution >= 0.6 is 0 Å². The second-order valence-electron chi connectivity index (χ2n) is 10.4. The number of hydrogen-bond donors (Lipinski definition) is 2. The van der Waals surface area contributed by atoms with Gasteiger partial charge in [0.1, 0.15) is 23.3 Å². The van der Waals surface area contributed by atoms with E-state index in [1.165, 1.54) is 29.2 Å². The summed E-state index contributed by atoms with van der Waals surface area (Å²) in [6, 6.07) is 30.0. The molecule has 0 radical (unpaired) electrons. The number of benzene rings is 4. The van der Waals surface area contributed by atoms with Crippen molar-refractivity contribution in [3.63, 3.8) is 0 Å². The van der Waals surface area contributed by atoms with Crippen LogP contribution in [0.25, 0.3) is 0 Å². The molecule has 0 aliphatic carbocycles. The lowest BCUT2D eigenvalue weighted by atomic mass is 9.95. The number of ether oxygens (including phenoxy) is 1. The van der Waals surface area contributed by atoms with E-state index in [1.807, 2.05) is 36.4 Å². The summed E-state index contributed by atoms with van der Waals surface area (Å²) in [5.41, 5.74) is 1.88. The molecule has 0 aromatic heterocycles. The molecular formula is C34H33N3O7S. The number of nitrogens with one attached hydrogen (secondary N) is 2. The van der Waals surface area contributed by atoms with Crippen LogP contribution in [0.15, 0.2) is 120 Å². The Balaban J connectivity index is 1.34. The SMILES string of the molecule is O=C(N[C@@H](Cc1ccc(OS(=O)(=O)c2ccccc2)cc1)C(=O)C1CNCCN1C(=O)c1ccccc1)OCc1ccccc1. The van der Waals surface area contributed by atoms with Crippen LogP contribution in [0.3, 0.4) is 0 Å². The van der Waals surface area contributed by atoms with Crippen molar-refractivity contribution in [2.24, 2.45) is 0 Å². The van der Waals surface area contributed by atoms with E-state index in [-0.39, 0.29) is 41.9 Å². The van der Waals surface area contributed by atoms with Gasteiger partial charge in [0, 0.05) is 25.2 Å². The fourth-order valence-corrected chi connectivity index (χ4v) is 5.94. The Kier molecular flexibility index (Phi) is 10.2. The second-order valence-corrected chi connectivity index (χ2v) is 12.0. The van der Waals surface area contributed by atoms with Crippen LogP contribution in [-0.4, -0.2) is 62.8 Å². The van der Waals surface area contributed by atoms with Gasteiger partial charge in [-0.05, 0) is 53.9 Å². The first kappa shape index (κ1) is 31.4. The summed E-state index contributed by atoms with van der Waals surface area (Å²) in [5.74, 6) is -0.547. The summed E-state index contributed by atoms with van der Waals surface area (Å²) in [6.07, 6.45) is -0.717. The third-order valence-electron chi connectivity index (χ3n) is 7.30. The van der Waals surface area contributed by atoms with Gasteiger partial charge < -0.3 is 24.5 Å². The molecule has 11 heteroatoms. The van der Waals surface area contributed by atoms with Crippen LogP contribution < -0.4 is 14.8 Å². The van der Waals surface area contributed by atoms with E-state index in [0.29, 0.717) is 24.2 Å². The second kappa shape index (κ2) is 14.7. The zero-order valence-corrected chi connectivity index (χ0v) is 25.2. The smallest absolute Gasteiger partial charge is 0.408 e. The maximum Gasteiger partial charge on any atom is 0.408 e. The third kappa shape index (κ3) is 8.34. The van der Waals surface area contributed by atoms with Crippen molar-refractivity contribution in [2.45, 2.75) is 30.0 Å². The number of piperazine rings is 1. The largest absolute Gasteiger partial charge is 0.445 e. The molecule has 232 valence electrons. The number of hydrogen-bond acceptors (Lipinski definition) is 8. The van der Waals surface area contributed by atoms with Crippen LogP contribution in [0.1, 0.15) is 21.5 Å². The average molecular weight is 628 g/mol. The lowest BCUT2D eigenvalue weighted by Crippen LogP contribution is -2.61. The lowest BCUT2D eigenvalue weighted by molar-refractivity contribution is -0.126. The van der Waals surface area contributed by atoms with E-state index in [1.54, 1.807) is 54.6 Å². The van der Waals surface area contributed by atoms with Crippen LogP contribution in [0.5, 0.6) is 5.75 Å². The number of nitrogens with zero attached hydrogens (tertiary/aromatic N) is 1. The number of ketones is 1. The predicted molar refractivity (Wildman–Crippen MR) is 167 cm³/mol. The number of amides is 2. The van der Waals surface area contributed by atoms with Crippen LogP contribution in [0.2, 0.25) is 0 Å². The number of carbonyl (C=O) groups excluding carboxylic acids is 3. The van der Waals surface area contributed by atoms with Crippen molar-refractivity contribution >= 4 is 27.9 Å². The van der Waals surface area contributed by atoms with Crippen LogP contribution in [0.4, 0.5) is 4.79 Å². The number of Topliss-reactive ketones (excluding diaryl/α,β-unsaturated/α-hetero) is 1. The van der Waals surface area contributed by atoms with Gasteiger partial charge in [0.25, 0.3) is 5.91 Å². The molecule has 0 bridgehead atoms. The minimum atomic E-state index is -4.03. The Morgan fingerprint density at radius 3 is 2.11 bits per heavy atom. The van der Waals surface area contributed by atoms with Gasteiger partial charge in [-0.2, -0.15) is 8.42 Å². The highest BCUT2D eigenvalue weighted by Gasteiger charge is 2.37. The van der Waals surface area contributed by atoms with Crippen molar-refractivity contribution < 1.29 is 31.7 Å². The molecule has 2 amide bonds. The minimum absolute atomic E-state index is 0.0130. The first-order valence-corrected chi connectivity index (χ1v) is 15.9. The van der Waals surface area contributed by atoms with Gasteiger partial charge >= 0.3 is 16.2 Å². The molecule has 2 N–H and O–H groups in total. The highest BCUT2D eigenvalue weighted by atomic mass is 32.2. The summed E-state index contributed by atoms with van der Waals surface area (Å²) in [7, 11) is -4.03. The van der Waals surface area contributed by atoms with Crippen molar-refractivity contribution in [2.75, 3.05) is 19.6 Å². The molecule has 1 saturated heterocycles. The molecule has 1 aliphatic rings. The normalized spacial score (nSPS) is 15.5. The highest BCUT2D eigenvalue weighted by Crippen LogP contribution is 2.21. The molecular weight excluding hydrogens is 594 g/mol. The summed E-state index contributed by atoms with van der Waals surface area (Å²) in [5, 5.41) is 5.88. The quantitative estimate of drug-likeness (QED) is 0.239. The highest BCUT2D eigenvalue weighted by molar-refractivity contribution is 7.87. The van der Waals surface area contributed by atoms with Gasteiger partial charge in [-0.1, -0.05) is 78.9 Å². The number of alkyl carbamates (subject to hydrolysis) is 1. The molecule has 1 fully saturated rings. The molecule has 45 heavy (non-hydrogen) atoms. The summed E-state index contributed by atoms with van der Waals surface area (Å²) in [4.78, 5) is 41.9. The Bertz CT molecular complexity index is 1700. The van der Waals surface area contributed by atoms with E-state index in [2.05, 4.69) is 10.6 Å². The first-order chi connectivity index (χ1) is 21.8. The van der Waals surface area contributed by atoms with E-state index >= 15 is 0 Å². The Morgan fingerprint density at radius 1 is 0.822 bits per heavy atom. The van der Waals surface area contributed by atoms with Gasteiger partial charge in [-0.25, -0.2) is 4.79 Å². The van der Waals surface area contributed by atoms with E-state index in [0.717, 1.165) is 5.56 Å². The monoisotopic (exact) mass is 627 g/mol. The van der Waals surface area contributed by atoms with Crippen molar-refractivity contribution in [1.82, 2.24) is 15.5 Å². The van der Waals surface area contributed by atoms with Gasteiger partial charge in [-0.15, -0.1) is 0 Å². The van der Waals surface area contributed by atoms with E-state index in [4.69, 9.17) is 8.92 Å². The number of carbonyl (C=O) groups is 3. The maximum absolute atomic E-state index is 14.1. The summed E-state index contributed by atoms with van der Waals surface area (Å²) in [6.45, 7) is 1.07. The Morgan fingerprint density at radius 2 is 1.44 bits per heavy atom. The molecule has 0 saturated carbocycles. The summed E-state index contributed by atoms with van der Waals surface area (Å²) < 4.78 is 36.0. The molecule has 5 rings (SSSR count). The molecule has 4 aromatic carbocycles. The molecule has 1 aliphatic heterocycles. The molecule has 1 heterocycles. The van der Waals surface area contributed by atoms with E-state index < -0.39 is 28.3 Å². The zero-order valence-electron chi connectivity index (χ0n) is 24.4. The van der Waals surface area contributed by atoms with Crippen LogP contribution in [0, 0.1) is 0 Å². The first-order valence-electron chi connectivity index (χ1n) is 14.5. The van der Waals surface area contributed by atoms with Crippen molar-refractivity contribution in [1.29, 1.82) is 0 Å². The standard InChI is InChI=1S/C34H33N3O7S/c38-32(31-23-35-20-21-37(31)33(39)27-12-6-2-7-13-27)30(36-34(40)43-24-26-10-4-1-5-11-26)22-25-16-18-28(19-17-25)44-45(41,42)29-14-8-3-9-15-29/h1-19,30-31,35H,20-24H2,(H,36,40)/t30-,31?/m0/s1. The fourth-order valence-electron chi connectivity index (χ4n) is 4.99. The Labute approximate surface area is 262 Å². The van der Waals surface area contributed by atoms with E-state index in [9.17, 15) is 22.8 Å². The zero-order chi connectivity index (χ0) is 31.6. The van der Waals surface area contributed by atoms with Gasteiger partial charge in [0.05, 0.1) is 6.04 Å². The van der Waals surface area contributed by atoms with Crippen LogP contribution in [-0.2, 0) is 32.7 Å². The molecule has 2 atom stereocenters. The molecule has 1 unspecified atom stereocenters. The maximum atomic E-state index is 14.1. The van der Waals surface area contributed by atoms with Crippen molar-refractivity contribution in [3.8, 4) is 5.75 Å². The number of rotatable bonds is 11.